The second-order valence-electron chi connectivity index (χ2n) is 5.33. The number of nitro benzene ring substituents is 1. The fourth-order valence-electron chi connectivity index (χ4n) is 2.34. The Morgan fingerprint density at radius 2 is 1.96 bits per heavy atom. The zero-order chi connectivity index (χ0) is 18.6. The predicted octanol–water partition coefficient (Wildman–Crippen LogP) is 3.43. The maximum atomic E-state index is 13.7. The summed E-state index contributed by atoms with van der Waals surface area (Å²) in [4.78, 5) is 30.9. The molecule has 0 aliphatic rings. The predicted molar refractivity (Wildman–Crippen MR) is 93.3 cm³/mol. The van der Waals surface area contributed by atoms with Crippen molar-refractivity contribution in [3.8, 4) is 0 Å². The van der Waals surface area contributed by atoms with Gasteiger partial charge in [-0.2, -0.15) is 0 Å². The van der Waals surface area contributed by atoms with Crippen molar-refractivity contribution in [2.45, 2.75) is 31.8 Å². The average Bonchev–Trinajstić information content (AvgIpc) is 2.55. The van der Waals surface area contributed by atoms with Gasteiger partial charge in [0.05, 0.1) is 10.6 Å². The van der Waals surface area contributed by atoms with E-state index < -0.39 is 16.6 Å². The van der Waals surface area contributed by atoms with Crippen LogP contribution in [0.3, 0.4) is 0 Å². The molecule has 25 heavy (non-hydrogen) atoms. The van der Waals surface area contributed by atoms with Crippen molar-refractivity contribution < 1.29 is 14.1 Å². The van der Waals surface area contributed by atoms with E-state index in [2.05, 4.69) is 15.3 Å². The molecule has 1 amide bonds. The van der Waals surface area contributed by atoms with E-state index in [0.717, 1.165) is 35.2 Å². The summed E-state index contributed by atoms with van der Waals surface area (Å²) < 4.78 is 13.7. The van der Waals surface area contributed by atoms with Crippen molar-refractivity contribution in [1.29, 1.82) is 0 Å². The van der Waals surface area contributed by atoms with Crippen molar-refractivity contribution >= 4 is 29.0 Å². The molecule has 0 aliphatic heterocycles. The molecule has 9 heteroatoms. The number of hydrogen-bond acceptors (Lipinski definition) is 6. The molecule has 7 nitrogen and oxygen atoms in total. The number of nitro groups is 1. The van der Waals surface area contributed by atoms with E-state index >= 15 is 0 Å². The molecule has 132 valence electrons. The van der Waals surface area contributed by atoms with E-state index in [-0.39, 0.29) is 17.8 Å². The van der Waals surface area contributed by atoms with Gasteiger partial charge in [-0.05, 0) is 38.2 Å². The quantitative estimate of drug-likeness (QED) is 0.365. The molecule has 0 saturated heterocycles. The number of aromatic nitrogens is 2. The minimum atomic E-state index is -0.723. The van der Waals surface area contributed by atoms with Gasteiger partial charge in [0.25, 0.3) is 5.69 Å². The van der Waals surface area contributed by atoms with Gasteiger partial charge in [-0.3, -0.25) is 14.9 Å². The molecule has 1 heterocycles. The molecule has 2 aromatic rings. The van der Waals surface area contributed by atoms with Crippen LogP contribution in [0, 0.1) is 29.8 Å². The summed E-state index contributed by atoms with van der Waals surface area (Å²) >= 11 is 1.44. The first kappa shape index (κ1) is 18.8. The number of rotatable bonds is 6. The lowest BCUT2D eigenvalue weighted by atomic mass is 10.1. The van der Waals surface area contributed by atoms with Crippen LogP contribution in [0.4, 0.5) is 15.8 Å². The van der Waals surface area contributed by atoms with Gasteiger partial charge in [0.2, 0.25) is 5.91 Å². The third-order valence-corrected chi connectivity index (χ3v) is 4.17. The number of thioether (sulfide) groups is 1. The molecular weight excluding hydrogens is 347 g/mol. The van der Waals surface area contributed by atoms with Crippen LogP contribution < -0.4 is 5.32 Å². The molecule has 0 radical (unpaired) electrons. The third kappa shape index (κ3) is 4.72. The monoisotopic (exact) mass is 364 g/mol. The zero-order valence-electron chi connectivity index (χ0n) is 14.0. The normalized spacial score (nSPS) is 10.6. The number of nitrogens with one attached hydrogen (secondary N) is 1. The number of amides is 1. The van der Waals surface area contributed by atoms with E-state index in [1.54, 1.807) is 0 Å². The number of benzene rings is 1. The van der Waals surface area contributed by atoms with Gasteiger partial charge in [0.15, 0.2) is 5.16 Å². The number of hydrogen-bond donors (Lipinski definition) is 1. The van der Waals surface area contributed by atoms with Crippen LogP contribution in [-0.4, -0.2) is 27.1 Å². The largest absolute Gasteiger partial charge is 0.323 e. The Labute approximate surface area is 148 Å². The Bertz CT molecular complexity index is 806. The van der Waals surface area contributed by atoms with Gasteiger partial charge in [-0.15, -0.1) is 0 Å². The van der Waals surface area contributed by atoms with Gasteiger partial charge in [-0.25, -0.2) is 14.4 Å². The topological polar surface area (TPSA) is 98.0 Å². The highest BCUT2D eigenvalue weighted by molar-refractivity contribution is 7.98. The first-order chi connectivity index (χ1) is 11.8. The van der Waals surface area contributed by atoms with Crippen LogP contribution in [0.25, 0.3) is 0 Å². The summed E-state index contributed by atoms with van der Waals surface area (Å²) in [6.45, 7) is 3.70. The Kier molecular flexibility index (Phi) is 6.02. The highest BCUT2D eigenvalue weighted by Gasteiger charge is 2.14. The van der Waals surface area contributed by atoms with E-state index in [1.807, 2.05) is 20.1 Å². The fourth-order valence-corrected chi connectivity index (χ4v) is 2.79. The summed E-state index contributed by atoms with van der Waals surface area (Å²) in [7, 11) is 0. The maximum Gasteiger partial charge on any atom is 0.271 e. The molecule has 1 aromatic heterocycles. The lowest BCUT2D eigenvalue weighted by Crippen LogP contribution is -2.15. The average molecular weight is 364 g/mol. The molecule has 1 aromatic carbocycles. The molecule has 0 bridgehead atoms. The Morgan fingerprint density at radius 3 is 2.52 bits per heavy atom. The van der Waals surface area contributed by atoms with Gasteiger partial charge in [0.1, 0.15) is 5.82 Å². The number of carbonyl (C=O) groups excluding carboxylic acids is 1. The van der Waals surface area contributed by atoms with Crippen LogP contribution in [-0.2, 0) is 11.2 Å². The molecule has 2 rings (SSSR count). The molecule has 0 spiro atoms. The number of nitrogens with zero attached hydrogens (tertiary/aromatic N) is 3. The van der Waals surface area contributed by atoms with E-state index in [9.17, 15) is 19.3 Å². The minimum absolute atomic E-state index is 0.0891. The molecule has 0 aliphatic carbocycles. The van der Waals surface area contributed by atoms with E-state index in [1.165, 1.54) is 11.8 Å². The van der Waals surface area contributed by atoms with Crippen molar-refractivity contribution in [3.63, 3.8) is 0 Å². The molecule has 1 N–H and O–H groups in total. The fraction of sp³-hybridized carbons (Fsp3) is 0.312. The van der Waals surface area contributed by atoms with Crippen LogP contribution in [0.2, 0.25) is 0 Å². The lowest BCUT2D eigenvalue weighted by molar-refractivity contribution is -0.384. The first-order valence-corrected chi connectivity index (χ1v) is 8.66. The second kappa shape index (κ2) is 8.02. The van der Waals surface area contributed by atoms with Gasteiger partial charge in [0, 0.05) is 29.9 Å². The van der Waals surface area contributed by atoms with Crippen LogP contribution in [0.1, 0.15) is 23.4 Å². The second-order valence-corrected chi connectivity index (χ2v) is 6.10. The molecule has 0 saturated carbocycles. The summed E-state index contributed by atoms with van der Waals surface area (Å²) in [5.41, 5.74) is 1.97. The molecule has 0 atom stereocenters. The van der Waals surface area contributed by atoms with E-state index in [4.69, 9.17) is 0 Å². The standard InChI is InChI=1S/C16H17FN4O3S/c1-9-12(10(2)19-16(18-9)25-3)5-7-15(22)20-14-8-11(21(23)24)4-6-13(14)17/h4,6,8H,5,7H2,1-3H3,(H,20,22). The highest BCUT2D eigenvalue weighted by atomic mass is 32.2. The maximum absolute atomic E-state index is 13.7. The SMILES string of the molecule is CSc1nc(C)c(CCC(=O)Nc2cc([N+](=O)[O-])ccc2F)c(C)n1. The zero-order valence-corrected chi connectivity index (χ0v) is 14.8. The number of carbonyl (C=O) groups is 1. The minimum Gasteiger partial charge on any atom is -0.323 e. The van der Waals surface area contributed by atoms with Crippen LogP contribution in [0.15, 0.2) is 23.4 Å². The third-order valence-electron chi connectivity index (χ3n) is 3.62. The van der Waals surface area contributed by atoms with Crippen LogP contribution >= 0.6 is 11.8 Å². The Balaban J connectivity index is 2.07. The number of non-ortho nitro benzene ring substituents is 1. The number of anilines is 1. The summed E-state index contributed by atoms with van der Waals surface area (Å²) in [6.07, 6.45) is 2.37. The van der Waals surface area contributed by atoms with Crippen molar-refractivity contribution in [3.05, 3.63) is 51.1 Å². The van der Waals surface area contributed by atoms with Gasteiger partial charge >= 0.3 is 0 Å². The van der Waals surface area contributed by atoms with Crippen molar-refractivity contribution in [1.82, 2.24) is 9.97 Å². The van der Waals surface area contributed by atoms with E-state index in [0.29, 0.717) is 11.6 Å². The lowest BCUT2D eigenvalue weighted by Gasteiger charge is -2.10. The van der Waals surface area contributed by atoms with Crippen LogP contribution in [0.5, 0.6) is 0 Å². The molecule has 0 unspecified atom stereocenters. The smallest absolute Gasteiger partial charge is 0.271 e. The highest BCUT2D eigenvalue weighted by Crippen LogP contribution is 2.22. The summed E-state index contributed by atoms with van der Waals surface area (Å²) in [5.74, 6) is -1.16. The first-order valence-electron chi connectivity index (χ1n) is 7.43. The van der Waals surface area contributed by atoms with Gasteiger partial charge in [-0.1, -0.05) is 11.8 Å². The molecule has 0 fully saturated rings. The van der Waals surface area contributed by atoms with Crippen molar-refractivity contribution in [2.75, 3.05) is 11.6 Å². The Morgan fingerprint density at radius 1 is 1.32 bits per heavy atom. The summed E-state index contributed by atoms with van der Waals surface area (Å²) in [6, 6.07) is 3.00. The number of halogens is 1. The number of aryl methyl sites for hydroxylation is 2. The molecular formula is C16H17FN4O3S. The Hall–Kier alpha value is -2.55. The van der Waals surface area contributed by atoms with Crippen molar-refractivity contribution in [2.24, 2.45) is 0 Å². The summed E-state index contributed by atoms with van der Waals surface area (Å²) in [5, 5.41) is 13.8. The van der Waals surface area contributed by atoms with Gasteiger partial charge < -0.3 is 5.32 Å².